The van der Waals surface area contributed by atoms with Gasteiger partial charge in [0, 0.05) is 6.07 Å². The summed E-state index contributed by atoms with van der Waals surface area (Å²) < 4.78 is 0.873. The van der Waals surface area contributed by atoms with Gasteiger partial charge in [-0.2, -0.15) is 4.73 Å². The first-order chi connectivity index (χ1) is 11.5. The van der Waals surface area contributed by atoms with Gasteiger partial charge in [-0.3, -0.25) is 35.8 Å². The topological polar surface area (TPSA) is 212 Å². The number of hydrogen-bond donors (Lipinski definition) is 3. The molecule has 2 aromatic rings. The first kappa shape index (κ1) is 18.9. The molecule has 2 rings (SSSR count). The first-order valence-corrected chi connectivity index (χ1v) is 6.14. The van der Waals surface area contributed by atoms with Crippen LogP contribution in [-0.4, -0.2) is 34.8 Å². The van der Waals surface area contributed by atoms with Crippen molar-refractivity contribution in [3.8, 4) is 5.75 Å². The standard InChI is InChI=1S/C6H3N3O7.C5H7N3O/c10-6-4(8(13)14)1-3(7(11)12)2-5(6)9(15)16;1-4-2-5(6)7-3-8(4)9/h1-2,10H;2-3,6,9H,1H3. The summed E-state index contributed by atoms with van der Waals surface area (Å²) in [6, 6.07) is 2.37. The molecule has 1 heterocycles. The lowest BCUT2D eigenvalue weighted by molar-refractivity contribution is -0.404. The van der Waals surface area contributed by atoms with Crippen LogP contribution < -0.4 is 5.49 Å². The number of aromatic hydroxyl groups is 1. The van der Waals surface area contributed by atoms with E-state index in [-0.39, 0.29) is 5.49 Å². The Balaban J connectivity index is 0.000000293. The SMILES string of the molecule is Cc1cc(=N)ncn1O.O=[N+]([O-])c1cc([N+](=O)[O-])c(O)c([N+](=O)[O-])c1. The van der Waals surface area contributed by atoms with Gasteiger partial charge in [0.2, 0.25) is 0 Å². The molecule has 25 heavy (non-hydrogen) atoms. The Morgan fingerprint density at radius 2 is 1.52 bits per heavy atom. The number of nitrogens with one attached hydrogen (secondary N) is 1. The Morgan fingerprint density at radius 3 is 1.84 bits per heavy atom. The minimum absolute atomic E-state index is 0.165. The van der Waals surface area contributed by atoms with Gasteiger partial charge in [0.05, 0.1) is 32.6 Å². The van der Waals surface area contributed by atoms with Crippen LogP contribution in [0.5, 0.6) is 5.75 Å². The second-order valence-corrected chi connectivity index (χ2v) is 4.36. The van der Waals surface area contributed by atoms with Gasteiger partial charge in [-0.25, -0.2) is 4.98 Å². The zero-order chi connectivity index (χ0) is 19.3. The van der Waals surface area contributed by atoms with E-state index in [0.717, 1.165) is 4.73 Å². The third-order valence-electron chi connectivity index (χ3n) is 2.67. The van der Waals surface area contributed by atoms with E-state index in [9.17, 15) is 30.3 Å². The number of aromatic nitrogens is 2. The average Bonchev–Trinajstić information content (AvgIpc) is 2.51. The third kappa shape index (κ3) is 4.68. The molecule has 3 N–H and O–H groups in total. The predicted molar refractivity (Wildman–Crippen MR) is 78.1 cm³/mol. The number of aryl methyl sites for hydroxylation is 1. The summed E-state index contributed by atoms with van der Waals surface area (Å²) in [7, 11) is 0. The molecule has 0 aliphatic heterocycles. The maximum Gasteiger partial charge on any atom is 0.324 e. The van der Waals surface area contributed by atoms with Crippen LogP contribution >= 0.6 is 0 Å². The lowest BCUT2D eigenvalue weighted by atomic mass is 10.2. The molecule has 0 saturated carbocycles. The Bertz CT molecular complexity index is 873. The molecule has 14 heteroatoms. The predicted octanol–water partition coefficient (Wildman–Crippen LogP) is 1.03. The highest BCUT2D eigenvalue weighted by molar-refractivity contribution is 5.64. The number of rotatable bonds is 3. The van der Waals surface area contributed by atoms with Crippen LogP contribution in [0.15, 0.2) is 24.5 Å². The third-order valence-corrected chi connectivity index (χ3v) is 2.67. The van der Waals surface area contributed by atoms with Gasteiger partial charge in [0.25, 0.3) is 11.4 Å². The molecular formula is C11H10N6O8. The maximum atomic E-state index is 10.4. The zero-order valence-electron chi connectivity index (χ0n) is 12.4. The molecule has 0 bridgehead atoms. The highest BCUT2D eigenvalue weighted by atomic mass is 16.6. The van der Waals surface area contributed by atoms with E-state index in [1.54, 1.807) is 6.92 Å². The molecule has 132 valence electrons. The molecule has 14 nitrogen and oxygen atoms in total. The van der Waals surface area contributed by atoms with Crippen molar-refractivity contribution in [3.63, 3.8) is 0 Å². The molecule has 0 saturated heterocycles. The Morgan fingerprint density at radius 1 is 1.04 bits per heavy atom. The lowest BCUT2D eigenvalue weighted by Gasteiger charge is -1.97. The number of nitro benzene ring substituents is 3. The van der Waals surface area contributed by atoms with E-state index in [2.05, 4.69) is 4.98 Å². The molecule has 0 unspecified atom stereocenters. The molecule has 0 amide bonds. The highest BCUT2D eigenvalue weighted by Gasteiger charge is 2.30. The highest BCUT2D eigenvalue weighted by Crippen LogP contribution is 2.38. The van der Waals surface area contributed by atoms with Gasteiger partial charge in [-0.05, 0) is 6.92 Å². The second-order valence-electron chi connectivity index (χ2n) is 4.36. The maximum absolute atomic E-state index is 10.4. The van der Waals surface area contributed by atoms with Crippen molar-refractivity contribution >= 4 is 17.1 Å². The molecule has 1 aromatic carbocycles. The Labute approximate surface area is 137 Å². The number of nitro groups is 3. The van der Waals surface area contributed by atoms with Gasteiger partial charge in [0.15, 0.2) is 0 Å². The summed E-state index contributed by atoms with van der Waals surface area (Å²) in [5.41, 5.74) is -2.23. The summed E-state index contributed by atoms with van der Waals surface area (Å²) in [6.45, 7) is 1.69. The van der Waals surface area contributed by atoms with Gasteiger partial charge in [-0.15, -0.1) is 0 Å². The number of benzene rings is 1. The number of hydrogen-bond acceptors (Lipinski definition) is 10. The van der Waals surface area contributed by atoms with E-state index in [1.165, 1.54) is 12.4 Å². The van der Waals surface area contributed by atoms with Gasteiger partial charge < -0.3 is 10.3 Å². The monoisotopic (exact) mass is 354 g/mol. The fraction of sp³-hybridized carbons (Fsp3) is 0.0909. The lowest BCUT2D eigenvalue weighted by Crippen LogP contribution is -2.10. The quantitative estimate of drug-likeness (QED) is 0.407. The largest absolute Gasteiger partial charge is 0.497 e. The first-order valence-electron chi connectivity index (χ1n) is 6.14. The van der Waals surface area contributed by atoms with Crippen molar-refractivity contribution in [1.82, 2.24) is 9.71 Å². The molecule has 0 radical (unpaired) electrons. The fourth-order valence-electron chi connectivity index (χ4n) is 1.48. The van der Waals surface area contributed by atoms with Crippen molar-refractivity contribution in [1.29, 1.82) is 5.41 Å². The summed E-state index contributed by atoms with van der Waals surface area (Å²) in [6.07, 6.45) is 1.19. The number of phenolic OH excluding ortho intramolecular Hbond substituents is 1. The zero-order valence-corrected chi connectivity index (χ0v) is 12.4. The molecule has 0 aliphatic rings. The van der Waals surface area contributed by atoms with E-state index < -0.39 is 37.6 Å². The fourth-order valence-corrected chi connectivity index (χ4v) is 1.48. The van der Waals surface area contributed by atoms with E-state index in [4.69, 9.17) is 15.7 Å². The summed E-state index contributed by atoms with van der Waals surface area (Å²) in [5.74, 6) is -1.21. The smallest absolute Gasteiger partial charge is 0.324 e. The summed E-state index contributed by atoms with van der Waals surface area (Å²) >= 11 is 0. The Hall–Kier alpha value is -4.10. The molecule has 0 aliphatic carbocycles. The van der Waals surface area contributed by atoms with Crippen LogP contribution in [-0.2, 0) is 0 Å². The molecule has 0 spiro atoms. The average molecular weight is 354 g/mol. The second kappa shape index (κ2) is 7.44. The van der Waals surface area contributed by atoms with Crippen molar-refractivity contribution in [2.75, 3.05) is 0 Å². The number of nitrogens with zero attached hydrogens (tertiary/aromatic N) is 5. The van der Waals surface area contributed by atoms with Crippen LogP contribution in [0.1, 0.15) is 5.69 Å². The van der Waals surface area contributed by atoms with Gasteiger partial charge in [-0.1, -0.05) is 0 Å². The van der Waals surface area contributed by atoms with Crippen LogP contribution in [0.25, 0.3) is 0 Å². The minimum Gasteiger partial charge on any atom is -0.497 e. The normalized spacial score (nSPS) is 9.64. The van der Waals surface area contributed by atoms with Crippen LogP contribution in [0.4, 0.5) is 17.1 Å². The molecule has 0 fully saturated rings. The van der Waals surface area contributed by atoms with E-state index in [0.29, 0.717) is 17.8 Å². The minimum atomic E-state index is -1.21. The number of non-ortho nitro benzene ring substituents is 1. The van der Waals surface area contributed by atoms with Gasteiger partial charge >= 0.3 is 11.4 Å². The molecule has 0 atom stereocenters. The van der Waals surface area contributed by atoms with Crippen molar-refractivity contribution < 1.29 is 25.1 Å². The summed E-state index contributed by atoms with van der Waals surface area (Å²) in [4.78, 5) is 31.3. The molecule has 1 aromatic heterocycles. The van der Waals surface area contributed by atoms with Crippen LogP contribution in [0.3, 0.4) is 0 Å². The summed E-state index contributed by atoms with van der Waals surface area (Å²) in [5, 5.41) is 56.0. The van der Waals surface area contributed by atoms with E-state index >= 15 is 0 Å². The van der Waals surface area contributed by atoms with E-state index in [1.807, 2.05) is 0 Å². The van der Waals surface area contributed by atoms with Gasteiger partial charge in [0.1, 0.15) is 11.8 Å². The van der Waals surface area contributed by atoms with Crippen molar-refractivity contribution in [2.45, 2.75) is 6.92 Å². The van der Waals surface area contributed by atoms with Crippen molar-refractivity contribution in [2.24, 2.45) is 0 Å². The van der Waals surface area contributed by atoms with Crippen LogP contribution in [0.2, 0.25) is 0 Å². The van der Waals surface area contributed by atoms with Crippen molar-refractivity contribution in [3.05, 3.63) is 66.1 Å². The molecular weight excluding hydrogens is 344 g/mol. The van der Waals surface area contributed by atoms with Crippen LogP contribution in [0, 0.1) is 42.7 Å². The number of phenols is 1. The Kier molecular flexibility index (Phi) is 5.64.